The molecule has 2 heterocycles. The molecule has 146 valence electrons. The smallest absolute Gasteiger partial charge is 0.266 e. The molecular weight excluding hydrogens is 368 g/mol. The lowest BCUT2D eigenvalue weighted by Gasteiger charge is -2.33. The molecule has 0 saturated carbocycles. The van der Waals surface area contributed by atoms with E-state index in [9.17, 15) is 8.42 Å². The van der Waals surface area contributed by atoms with Crippen LogP contribution in [0.5, 0.6) is 11.5 Å². The Morgan fingerprint density at radius 1 is 1.04 bits per heavy atom. The fourth-order valence-electron chi connectivity index (χ4n) is 2.89. The molecule has 8 nitrogen and oxygen atoms in total. The number of piperazine rings is 1. The molecule has 0 unspecified atom stereocenters. The summed E-state index contributed by atoms with van der Waals surface area (Å²) in [5.74, 6) is 0.974. The van der Waals surface area contributed by atoms with Crippen LogP contribution in [0.15, 0.2) is 41.4 Å². The Bertz CT molecular complexity index is 879. The molecule has 1 aliphatic heterocycles. The van der Waals surface area contributed by atoms with Crippen molar-refractivity contribution in [1.82, 2.24) is 9.88 Å². The van der Waals surface area contributed by atoms with Crippen LogP contribution in [0.2, 0.25) is 0 Å². The Hall–Kier alpha value is -2.52. The van der Waals surface area contributed by atoms with Gasteiger partial charge in [-0.25, -0.2) is 13.4 Å². The number of ether oxygens (including phenoxy) is 2. The summed E-state index contributed by atoms with van der Waals surface area (Å²) in [4.78, 5) is 8.79. The van der Waals surface area contributed by atoms with Gasteiger partial charge >= 0.3 is 0 Å². The average Bonchev–Trinajstić information content (AvgIpc) is 2.68. The van der Waals surface area contributed by atoms with Crippen LogP contribution in [-0.4, -0.2) is 65.7 Å². The van der Waals surface area contributed by atoms with E-state index in [-0.39, 0.29) is 16.5 Å². The second kappa shape index (κ2) is 8.01. The van der Waals surface area contributed by atoms with Gasteiger partial charge in [0.25, 0.3) is 10.0 Å². The third-order valence-corrected chi connectivity index (χ3v) is 5.91. The van der Waals surface area contributed by atoms with E-state index in [4.69, 9.17) is 9.47 Å². The Labute approximate surface area is 159 Å². The quantitative estimate of drug-likeness (QED) is 0.800. The van der Waals surface area contributed by atoms with Crippen molar-refractivity contribution >= 4 is 21.5 Å². The number of anilines is 2. The van der Waals surface area contributed by atoms with Gasteiger partial charge < -0.3 is 19.3 Å². The molecule has 0 atom stereocenters. The van der Waals surface area contributed by atoms with Crippen molar-refractivity contribution < 1.29 is 17.9 Å². The summed E-state index contributed by atoms with van der Waals surface area (Å²) in [6, 6.07) is 8.08. The first kappa shape index (κ1) is 19.2. The first-order valence-corrected chi connectivity index (χ1v) is 10.1. The van der Waals surface area contributed by atoms with Crippen LogP contribution in [0.3, 0.4) is 0 Å². The maximum Gasteiger partial charge on any atom is 0.266 e. The lowest BCUT2D eigenvalue weighted by Crippen LogP contribution is -2.44. The van der Waals surface area contributed by atoms with Gasteiger partial charge in [-0.05, 0) is 31.3 Å². The summed E-state index contributed by atoms with van der Waals surface area (Å²) in [5, 5.41) is 0. The topological polar surface area (TPSA) is 84.0 Å². The molecule has 1 aliphatic rings. The number of benzene rings is 1. The first-order valence-electron chi connectivity index (χ1n) is 8.57. The fraction of sp³-hybridized carbons (Fsp3) is 0.389. The molecule has 1 fully saturated rings. The molecule has 27 heavy (non-hydrogen) atoms. The standard InChI is InChI=1S/C18H24N4O4S/c1-21-8-10-22(11-9-21)14-4-7-18(19-13-14)20-27(23,24)17-6-5-15(25-2)12-16(17)26-3/h4-7,12-13H,8-11H2,1-3H3,(H,19,20). The van der Waals surface area contributed by atoms with Gasteiger partial charge in [0.15, 0.2) is 0 Å². The number of sulfonamides is 1. The van der Waals surface area contributed by atoms with Crippen LogP contribution in [0.1, 0.15) is 0 Å². The lowest BCUT2D eigenvalue weighted by molar-refractivity contribution is 0.313. The third-order valence-electron chi connectivity index (χ3n) is 4.52. The summed E-state index contributed by atoms with van der Waals surface area (Å²) in [6.07, 6.45) is 1.69. The SMILES string of the molecule is COc1ccc(S(=O)(=O)Nc2ccc(N3CCN(C)CC3)cn2)c(OC)c1. The van der Waals surface area contributed by atoms with Crippen LogP contribution in [-0.2, 0) is 10.0 Å². The number of nitrogens with one attached hydrogen (secondary N) is 1. The summed E-state index contributed by atoms with van der Waals surface area (Å²) in [5.41, 5.74) is 0.980. The molecule has 0 amide bonds. The number of methoxy groups -OCH3 is 2. The van der Waals surface area contributed by atoms with Gasteiger partial charge in [0.05, 0.1) is 26.1 Å². The number of hydrogen-bond acceptors (Lipinski definition) is 7. The molecule has 1 aromatic carbocycles. The van der Waals surface area contributed by atoms with Crippen molar-refractivity contribution in [1.29, 1.82) is 0 Å². The molecular formula is C18H24N4O4S. The minimum absolute atomic E-state index is 0.0238. The highest BCUT2D eigenvalue weighted by Crippen LogP contribution is 2.29. The fourth-order valence-corrected chi connectivity index (χ4v) is 4.05. The van der Waals surface area contributed by atoms with Crippen LogP contribution in [0.4, 0.5) is 11.5 Å². The highest BCUT2D eigenvalue weighted by atomic mass is 32.2. The number of likely N-dealkylation sites (N-methyl/N-ethyl adjacent to an activating group) is 1. The predicted molar refractivity (Wildman–Crippen MR) is 104 cm³/mol. The Kier molecular flexibility index (Phi) is 5.71. The molecule has 0 bridgehead atoms. The van der Waals surface area contributed by atoms with Gasteiger partial charge in [-0.15, -0.1) is 0 Å². The number of nitrogens with zero attached hydrogens (tertiary/aromatic N) is 3. The van der Waals surface area contributed by atoms with Crippen molar-refractivity contribution in [2.75, 3.05) is 57.1 Å². The van der Waals surface area contributed by atoms with Gasteiger partial charge in [0, 0.05) is 32.2 Å². The van der Waals surface area contributed by atoms with E-state index >= 15 is 0 Å². The van der Waals surface area contributed by atoms with E-state index in [1.165, 1.54) is 26.4 Å². The average molecular weight is 392 g/mol. The molecule has 0 aliphatic carbocycles. The zero-order chi connectivity index (χ0) is 19.4. The van der Waals surface area contributed by atoms with Crippen molar-refractivity contribution in [3.63, 3.8) is 0 Å². The number of aromatic nitrogens is 1. The van der Waals surface area contributed by atoms with E-state index in [1.54, 1.807) is 18.3 Å². The Morgan fingerprint density at radius 3 is 2.37 bits per heavy atom. The molecule has 1 N–H and O–H groups in total. The van der Waals surface area contributed by atoms with Crippen molar-refractivity contribution in [2.45, 2.75) is 4.90 Å². The van der Waals surface area contributed by atoms with Gasteiger partial charge in [-0.3, -0.25) is 4.72 Å². The lowest BCUT2D eigenvalue weighted by atomic mass is 10.3. The number of pyridine rings is 1. The first-order chi connectivity index (χ1) is 12.9. The normalized spacial score (nSPS) is 15.4. The molecule has 3 rings (SSSR count). The molecule has 1 aromatic heterocycles. The van der Waals surface area contributed by atoms with Crippen molar-refractivity contribution in [3.8, 4) is 11.5 Å². The maximum absolute atomic E-state index is 12.7. The van der Waals surface area contributed by atoms with E-state index in [0.29, 0.717) is 5.75 Å². The Balaban J connectivity index is 1.76. The number of rotatable bonds is 6. The largest absolute Gasteiger partial charge is 0.497 e. The molecule has 2 aromatic rings. The minimum atomic E-state index is -3.84. The third kappa shape index (κ3) is 4.42. The summed E-state index contributed by atoms with van der Waals surface area (Å²) >= 11 is 0. The van der Waals surface area contributed by atoms with Crippen LogP contribution in [0.25, 0.3) is 0 Å². The summed E-state index contributed by atoms with van der Waals surface area (Å²) < 4.78 is 38.2. The second-order valence-electron chi connectivity index (χ2n) is 6.31. The highest BCUT2D eigenvalue weighted by Gasteiger charge is 2.21. The van der Waals surface area contributed by atoms with Crippen LogP contribution >= 0.6 is 0 Å². The maximum atomic E-state index is 12.7. The number of hydrogen-bond donors (Lipinski definition) is 1. The van der Waals surface area contributed by atoms with Gasteiger partial charge in [-0.2, -0.15) is 0 Å². The summed E-state index contributed by atoms with van der Waals surface area (Å²) in [6.45, 7) is 3.83. The second-order valence-corrected chi connectivity index (χ2v) is 7.97. The van der Waals surface area contributed by atoms with Crippen molar-refractivity contribution in [3.05, 3.63) is 36.5 Å². The summed E-state index contributed by atoms with van der Waals surface area (Å²) in [7, 11) is 1.18. The van der Waals surface area contributed by atoms with Crippen molar-refractivity contribution in [2.24, 2.45) is 0 Å². The van der Waals surface area contributed by atoms with E-state index in [1.807, 2.05) is 6.07 Å². The van der Waals surface area contributed by atoms with Crippen LogP contribution in [0, 0.1) is 0 Å². The molecule has 0 radical (unpaired) electrons. The van der Waals surface area contributed by atoms with E-state index in [0.717, 1.165) is 31.9 Å². The van der Waals surface area contributed by atoms with Gasteiger partial charge in [-0.1, -0.05) is 0 Å². The zero-order valence-electron chi connectivity index (χ0n) is 15.7. The van der Waals surface area contributed by atoms with Gasteiger partial charge in [0.1, 0.15) is 22.2 Å². The predicted octanol–water partition coefficient (Wildman–Crippen LogP) is 1.65. The molecule has 1 saturated heterocycles. The zero-order valence-corrected chi connectivity index (χ0v) is 16.5. The monoisotopic (exact) mass is 392 g/mol. The van der Waals surface area contributed by atoms with E-state index in [2.05, 4.69) is 26.6 Å². The van der Waals surface area contributed by atoms with E-state index < -0.39 is 10.0 Å². The Morgan fingerprint density at radius 2 is 1.78 bits per heavy atom. The minimum Gasteiger partial charge on any atom is -0.497 e. The van der Waals surface area contributed by atoms with Gasteiger partial charge in [0.2, 0.25) is 0 Å². The molecule has 9 heteroatoms. The highest BCUT2D eigenvalue weighted by molar-refractivity contribution is 7.92. The molecule has 0 spiro atoms. The van der Waals surface area contributed by atoms with Crippen LogP contribution < -0.4 is 19.1 Å².